The molecule has 2 nitrogen and oxygen atoms in total. The summed E-state index contributed by atoms with van der Waals surface area (Å²) in [6, 6.07) is 16.0. The molecule has 2 fully saturated rings. The molecule has 0 atom stereocenters. The van der Waals surface area contributed by atoms with Crippen molar-refractivity contribution < 1.29 is 4.79 Å². The monoisotopic (exact) mass is 235 g/mol. The smallest absolute Gasteiger partial charge is 0.188 e. The average molecular weight is 235 g/mol. The van der Waals surface area contributed by atoms with Crippen LogP contribution in [-0.4, -0.2) is 10.8 Å². The van der Waals surface area contributed by atoms with E-state index < -0.39 is 0 Å². The Morgan fingerprint density at radius 3 is 2.39 bits per heavy atom. The normalized spacial score (nSPS) is 31.6. The highest BCUT2D eigenvalue weighted by molar-refractivity contribution is 6.06. The largest absolute Gasteiger partial charge is 0.292 e. The van der Waals surface area contributed by atoms with Gasteiger partial charge in [0.1, 0.15) is 5.69 Å². The molecule has 0 bridgehead atoms. The van der Waals surface area contributed by atoms with Crippen molar-refractivity contribution in [2.75, 3.05) is 0 Å². The number of hydrogen-bond acceptors (Lipinski definition) is 2. The summed E-state index contributed by atoms with van der Waals surface area (Å²) < 4.78 is 0. The van der Waals surface area contributed by atoms with Gasteiger partial charge in [0.2, 0.25) is 0 Å². The molecule has 0 N–H and O–H groups in total. The molecule has 1 aromatic heterocycles. The van der Waals surface area contributed by atoms with E-state index in [1.807, 2.05) is 24.3 Å². The van der Waals surface area contributed by atoms with Crippen LogP contribution in [0.5, 0.6) is 0 Å². The Morgan fingerprint density at radius 1 is 1.00 bits per heavy atom. The molecule has 0 amide bonds. The van der Waals surface area contributed by atoms with E-state index in [9.17, 15) is 4.79 Å². The predicted octanol–water partition coefficient (Wildman–Crippen LogP) is 3.00. The fourth-order valence-corrected chi connectivity index (χ4v) is 3.25. The van der Waals surface area contributed by atoms with Gasteiger partial charge in [-0.1, -0.05) is 36.4 Å². The van der Waals surface area contributed by atoms with E-state index in [1.165, 1.54) is 5.56 Å². The molecule has 0 saturated heterocycles. The summed E-state index contributed by atoms with van der Waals surface area (Å²) >= 11 is 0. The van der Waals surface area contributed by atoms with Crippen LogP contribution < -0.4 is 0 Å². The Hall–Kier alpha value is -1.96. The first-order valence-electron chi connectivity index (χ1n) is 6.30. The van der Waals surface area contributed by atoms with E-state index in [4.69, 9.17) is 0 Å². The highest BCUT2D eigenvalue weighted by atomic mass is 16.1. The highest BCUT2D eigenvalue weighted by Crippen LogP contribution is 2.86. The van der Waals surface area contributed by atoms with Gasteiger partial charge < -0.3 is 0 Å². The van der Waals surface area contributed by atoms with Gasteiger partial charge in [-0.05, 0) is 30.5 Å². The van der Waals surface area contributed by atoms with Crippen molar-refractivity contribution in [3.63, 3.8) is 0 Å². The van der Waals surface area contributed by atoms with Crippen molar-refractivity contribution in [3.8, 4) is 0 Å². The molecule has 2 aliphatic carbocycles. The number of hydrogen-bond donors (Lipinski definition) is 0. The first kappa shape index (κ1) is 10.0. The third kappa shape index (κ3) is 1.08. The van der Waals surface area contributed by atoms with Gasteiger partial charge in [0.05, 0.1) is 0 Å². The summed E-state index contributed by atoms with van der Waals surface area (Å²) in [4.78, 5) is 16.7. The summed E-state index contributed by atoms with van der Waals surface area (Å²) in [5.74, 6) is 0.229. The van der Waals surface area contributed by atoms with Gasteiger partial charge in [-0.3, -0.25) is 9.78 Å². The molecule has 2 saturated carbocycles. The van der Waals surface area contributed by atoms with Crippen molar-refractivity contribution in [3.05, 3.63) is 66.0 Å². The van der Waals surface area contributed by atoms with Crippen LogP contribution in [0.2, 0.25) is 0 Å². The molecular formula is C16H13NO. The molecule has 2 heteroatoms. The van der Waals surface area contributed by atoms with Crippen LogP contribution in [0.3, 0.4) is 0 Å². The Bertz CT molecular complexity index is 612. The topological polar surface area (TPSA) is 30.0 Å². The zero-order valence-electron chi connectivity index (χ0n) is 9.97. The van der Waals surface area contributed by atoms with E-state index in [-0.39, 0.29) is 16.6 Å². The maximum absolute atomic E-state index is 12.5. The van der Waals surface area contributed by atoms with Crippen LogP contribution in [0.4, 0.5) is 0 Å². The molecular weight excluding hydrogens is 222 g/mol. The first-order chi connectivity index (χ1) is 8.79. The van der Waals surface area contributed by atoms with Crippen molar-refractivity contribution in [1.29, 1.82) is 0 Å². The Labute approximate surface area is 106 Å². The van der Waals surface area contributed by atoms with Gasteiger partial charge in [0.15, 0.2) is 5.78 Å². The van der Waals surface area contributed by atoms with Crippen molar-refractivity contribution in [2.45, 2.75) is 18.3 Å². The number of Topliss-reactive ketones (excluding diaryl/α,β-unsaturated/α-hetero) is 1. The highest BCUT2D eigenvalue weighted by Gasteiger charge is 2.87. The van der Waals surface area contributed by atoms with Gasteiger partial charge >= 0.3 is 0 Å². The summed E-state index contributed by atoms with van der Waals surface area (Å²) in [6.45, 7) is 0. The number of pyridine rings is 1. The van der Waals surface area contributed by atoms with Crippen LogP contribution in [0.25, 0.3) is 0 Å². The minimum absolute atomic E-state index is 0.122. The van der Waals surface area contributed by atoms with Gasteiger partial charge in [-0.2, -0.15) is 0 Å². The van der Waals surface area contributed by atoms with Gasteiger partial charge in [-0.25, -0.2) is 0 Å². The summed E-state index contributed by atoms with van der Waals surface area (Å²) in [5, 5.41) is 0. The molecule has 18 heavy (non-hydrogen) atoms. The molecule has 4 rings (SSSR count). The van der Waals surface area contributed by atoms with Gasteiger partial charge in [0.25, 0.3) is 0 Å². The molecule has 88 valence electrons. The number of carbonyl (C=O) groups is 1. The Balaban J connectivity index is 1.66. The van der Waals surface area contributed by atoms with Gasteiger partial charge in [-0.15, -0.1) is 0 Å². The predicted molar refractivity (Wildman–Crippen MR) is 68.4 cm³/mol. The summed E-state index contributed by atoms with van der Waals surface area (Å²) in [5.41, 5.74) is 1.95. The van der Waals surface area contributed by atoms with E-state index in [1.54, 1.807) is 6.20 Å². The molecule has 0 spiro atoms. The summed E-state index contributed by atoms with van der Waals surface area (Å²) in [7, 11) is 0. The molecule has 1 heterocycles. The third-order valence-electron chi connectivity index (χ3n) is 4.53. The fourth-order valence-electron chi connectivity index (χ4n) is 3.25. The van der Waals surface area contributed by atoms with E-state index in [0.29, 0.717) is 5.69 Å². The maximum atomic E-state index is 12.5. The number of ketones is 1. The molecule has 2 aromatic rings. The van der Waals surface area contributed by atoms with Crippen LogP contribution in [-0.2, 0) is 5.41 Å². The number of fused-ring (bicyclic) bond motifs is 1. The fraction of sp³-hybridized carbons (Fsp3) is 0.250. The zero-order valence-corrected chi connectivity index (χ0v) is 9.97. The summed E-state index contributed by atoms with van der Waals surface area (Å²) in [6.07, 6.45) is 3.69. The second kappa shape index (κ2) is 3.08. The molecule has 0 radical (unpaired) electrons. The Morgan fingerprint density at radius 2 is 1.72 bits per heavy atom. The van der Waals surface area contributed by atoms with Gasteiger partial charge in [0, 0.05) is 17.0 Å². The zero-order chi connectivity index (χ0) is 12.2. The second-order valence-corrected chi connectivity index (χ2v) is 5.43. The number of carbonyl (C=O) groups excluding carboxylic acids is 1. The standard InChI is InChI=1S/C16H13NO/c18-14(13-8-4-5-9-17-13)16-10-15(16,11-16)12-6-2-1-3-7-12/h1-9H,10-11H2. The lowest BCUT2D eigenvalue weighted by molar-refractivity contribution is 0.0931. The van der Waals surface area contributed by atoms with Crippen molar-refractivity contribution >= 4 is 5.78 Å². The lowest BCUT2D eigenvalue weighted by atomic mass is 10.0. The molecule has 0 aliphatic heterocycles. The molecule has 2 aliphatic rings. The Kier molecular flexibility index (Phi) is 1.71. The van der Waals surface area contributed by atoms with Crippen LogP contribution in [0, 0.1) is 5.41 Å². The quantitative estimate of drug-likeness (QED) is 0.765. The average Bonchev–Trinajstić information content (AvgIpc) is 3.27. The third-order valence-corrected chi connectivity index (χ3v) is 4.53. The van der Waals surface area contributed by atoms with E-state index in [0.717, 1.165) is 12.8 Å². The number of benzene rings is 1. The number of rotatable bonds is 3. The van der Waals surface area contributed by atoms with Crippen LogP contribution in [0.15, 0.2) is 54.7 Å². The maximum Gasteiger partial charge on any atom is 0.188 e. The molecule has 1 aromatic carbocycles. The minimum atomic E-state index is -0.122. The van der Waals surface area contributed by atoms with Crippen molar-refractivity contribution in [1.82, 2.24) is 4.98 Å². The number of aromatic nitrogens is 1. The SMILES string of the molecule is O=C(c1ccccn1)C12CC1(c1ccccc1)C2. The van der Waals surface area contributed by atoms with Crippen LogP contribution in [0.1, 0.15) is 28.9 Å². The van der Waals surface area contributed by atoms with E-state index in [2.05, 4.69) is 29.2 Å². The van der Waals surface area contributed by atoms with E-state index >= 15 is 0 Å². The molecule has 0 unspecified atom stereocenters. The lowest BCUT2D eigenvalue weighted by Gasteiger charge is -2.00. The first-order valence-corrected chi connectivity index (χ1v) is 6.30. The minimum Gasteiger partial charge on any atom is -0.292 e. The van der Waals surface area contributed by atoms with Crippen LogP contribution >= 0.6 is 0 Å². The van der Waals surface area contributed by atoms with Crippen molar-refractivity contribution in [2.24, 2.45) is 5.41 Å². The lowest BCUT2D eigenvalue weighted by Crippen LogP contribution is -2.09. The second-order valence-electron chi connectivity index (χ2n) is 5.43. The number of nitrogens with zero attached hydrogens (tertiary/aromatic N) is 1.